The number of pyridine rings is 1. The number of ether oxygens (including phenoxy) is 1. The van der Waals surface area contributed by atoms with Gasteiger partial charge in [-0.2, -0.15) is 0 Å². The first-order valence-corrected chi connectivity index (χ1v) is 11.7. The monoisotopic (exact) mass is 431 g/mol. The Morgan fingerprint density at radius 3 is 2.50 bits per heavy atom. The molecular weight excluding hydrogens is 402 g/mol. The summed E-state index contributed by atoms with van der Waals surface area (Å²) in [6.45, 7) is 0.821. The van der Waals surface area contributed by atoms with Crippen LogP contribution in [0.25, 0.3) is 0 Å². The van der Waals surface area contributed by atoms with Crippen LogP contribution in [0.3, 0.4) is 0 Å². The van der Waals surface area contributed by atoms with Gasteiger partial charge in [0.1, 0.15) is 29.2 Å². The molecule has 7 nitrogen and oxygen atoms in total. The number of allylic oxidation sites excluding steroid dienone is 2. The molecule has 1 aliphatic carbocycles. The lowest BCUT2D eigenvalue weighted by atomic mass is 10.0. The summed E-state index contributed by atoms with van der Waals surface area (Å²) >= 11 is 0. The highest BCUT2D eigenvalue weighted by molar-refractivity contribution is 7.89. The van der Waals surface area contributed by atoms with E-state index >= 15 is 0 Å². The van der Waals surface area contributed by atoms with E-state index in [1.54, 1.807) is 6.07 Å². The summed E-state index contributed by atoms with van der Waals surface area (Å²) in [7, 11) is -3.59. The van der Waals surface area contributed by atoms with Crippen LogP contribution in [0.1, 0.15) is 25.7 Å². The molecule has 0 radical (unpaired) electrons. The number of hydrogen-bond acceptors (Lipinski definition) is 6. The fraction of sp³-hybridized carbons (Fsp3) is 0.409. The molecule has 30 heavy (non-hydrogen) atoms. The van der Waals surface area contributed by atoms with Crippen LogP contribution in [0.15, 0.2) is 65.7 Å². The molecule has 1 aliphatic rings. The Hall–Kier alpha value is -2.42. The third kappa shape index (κ3) is 7.12. The Morgan fingerprint density at radius 2 is 1.83 bits per heavy atom. The Bertz CT molecular complexity index is 892. The Balaban J connectivity index is 1.44. The third-order valence-corrected chi connectivity index (χ3v) is 6.37. The number of nitrogens with zero attached hydrogens (tertiary/aromatic N) is 1. The predicted octanol–water partition coefficient (Wildman–Crippen LogP) is 2.96. The van der Waals surface area contributed by atoms with Crippen molar-refractivity contribution in [3.63, 3.8) is 0 Å². The lowest BCUT2D eigenvalue weighted by Crippen LogP contribution is -2.29. The molecule has 0 amide bonds. The summed E-state index contributed by atoms with van der Waals surface area (Å²) in [6, 6.07) is 12.4. The second kappa shape index (κ2) is 11.1. The average molecular weight is 432 g/mol. The summed E-state index contributed by atoms with van der Waals surface area (Å²) in [6.07, 6.45) is 8.90. The smallest absolute Gasteiger partial charge is 0.242 e. The zero-order valence-electron chi connectivity index (χ0n) is 16.9. The molecule has 1 aromatic carbocycles. The third-order valence-electron chi connectivity index (χ3n) is 4.96. The van der Waals surface area contributed by atoms with Gasteiger partial charge in [0.05, 0.1) is 0 Å². The van der Waals surface area contributed by atoms with E-state index in [0.717, 1.165) is 25.7 Å². The van der Waals surface area contributed by atoms with Crippen LogP contribution >= 0.6 is 0 Å². The van der Waals surface area contributed by atoms with Gasteiger partial charge < -0.3 is 15.2 Å². The van der Waals surface area contributed by atoms with E-state index in [9.17, 15) is 13.5 Å². The van der Waals surface area contributed by atoms with Crippen molar-refractivity contribution in [1.29, 1.82) is 0 Å². The highest BCUT2D eigenvalue weighted by atomic mass is 32.2. The van der Waals surface area contributed by atoms with Crippen LogP contribution in [-0.4, -0.2) is 44.3 Å². The second-order valence-corrected chi connectivity index (χ2v) is 9.15. The van der Waals surface area contributed by atoms with Crippen molar-refractivity contribution in [1.82, 2.24) is 9.71 Å². The summed E-state index contributed by atoms with van der Waals surface area (Å²) < 4.78 is 33.2. The molecule has 1 unspecified atom stereocenters. The molecule has 162 valence electrons. The van der Waals surface area contributed by atoms with Gasteiger partial charge in [-0.3, -0.25) is 0 Å². The van der Waals surface area contributed by atoms with Crippen molar-refractivity contribution >= 4 is 15.8 Å². The SMILES string of the molecule is O=S(=O)(NCC1CCC=CCC1)c1ccc(NCC(O)COc2ccccc2)nc1. The van der Waals surface area contributed by atoms with Gasteiger partial charge in [0.15, 0.2) is 0 Å². The van der Waals surface area contributed by atoms with E-state index in [0.29, 0.717) is 24.0 Å². The predicted molar refractivity (Wildman–Crippen MR) is 117 cm³/mol. The van der Waals surface area contributed by atoms with Gasteiger partial charge in [-0.05, 0) is 55.9 Å². The van der Waals surface area contributed by atoms with Crippen molar-refractivity contribution in [3.05, 3.63) is 60.8 Å². The molecule has 1 heterocycles. The van der Waals surface area contributed by atoms with E-state index < -0.39 is 16.1 Å². The van der Waals surface area contributed by atoms with Gasteiger partial charge in [-0.1, -0.05) is 30.4 Å². The minimum atomic E-state index is -3.59. The van der Waals surface area contributed by atoms with Crippen molar-refractivity contribution in [3.8, 4) is 5.75 Å². The number of rotatable bonds is 10. The number of aromatic nitrogens is 1. The minimum absolute atomic E-state index is 0.132. The maximum absolute atomic E-state index is 12.5. The Morgan fingerprint density at radius 1 is 1.10 bits per heavy atom. The number of anilines is 1. The summed E-state index contributed by atoms with van der Waals surface area (Å²) in [5.41, 5.74) is 0. The van der Waals surface area contributed by atoms with Crippen molar-refractivity contribution in [2.45, 2.75) is 36.7 Å². The summed E-state index contributed by atoms with van der Waals surface area (Å²) in [4.78, 5) is 4.28. The zero-order valence-corrected chi connectivity index (χ0v) is 17.7. The van der Waals surface area contributed by atoms with Crippen LogP contribution in [0.4, 0.5) is 5.82 Å². The number of para-hydroxylation sites is 1. The van der Waals surface area contributed by atoms with Gasteiger partial charge >= 0.3 is 0 Å². The molecular formula is C22H29N3O4S. The van der Waals surface area contributed by atoms with Gasteiger partial charge in [0.25, 0.3) is 0 Å². The zero-order chi connectivity index (χ0) is 21.2. The topological polar surface area (TPSA) is 101 Å². The fourth-order valence-electron chi connectivity index (χ4n) is 3.19. The minimum Gasteiger partial charge on any atom is -0.491 e. The summed E-state index contributed by atoms with van der Waals surface area (Å²) in [5, 5.41) is 13.0. The molecule has 2 aromatic rings. The van der Waals surface area contributed by atoms with Crippen LogP contribution in [0.2, 0.25) is 0 Å². The van der Waals surface area contributed by atoms with Gasteiger partial charge in [-0.15, -0.1) is 0 Å². The molecule has 0 saturated carbocycles. The molecule has 0 saturated heterocycles. The highest BCUT2D eigenvalue weighted by Gasteiger charge is 2.18. The summed E-state index contributed by atoms with van der Waals surface area (Å²) in [5.74, 6) is 1.53. The molecule has 8 heteroatoms. The van der Waals surface area contributed by atoms with Crippen molar-refractivity contribution < 1.29 is 18.3 Å². The Kier molecular flexibility index (Phi) is 8.24. The number of nitrogens with one attached hydrogen (secondary N) is 2. The van der Waals surface area contributed by atoms with Gasteiger partial charge in [0.2, 0.25) is 10.0 Å². The lowest BCUT2D eigenvalue weighted by Gasteiger charge is -2.15. The van der Waals surface area contributed by atoms with E-state index in [-0.39, 0.29) is 18.0 Å². The van der Waals surface area contributed by atoms with Crippen LogP contribution in [0.5, 0.6) is 5.75 Å². The maximum atomic E-state index is 12.5. The van der Waals surface area contributed by atoms with E-state index in [1.165, 1.54) is 12.3 Å². The highest BCUT2D eigenvalue weighted by Crippen LogP contribution is 2.19. The van der Waals surface area contributed by atoms with Gasteiger partial charge in [0, 0.05) is 19.3 Å². The van der Waals surface area contributed by atoms with E-state index in [4.69, 9.17) is 4.74 Å². The molecule has 3 rings (SSSR count). The number of aliphatic hydroxyl groups excluding tert-OH is 1. The maximum Gasteiger partial charge on any atom is 0.242 e. The van der Waals surface area contributed by atoms with Crippen LogP contribution in [0, 0.1) is 5.92 Å². The first kappa shape index (κ1) is 22.3. The quantitative estimate of drug-likeness (QED) is 0.500. The molecule has 1 aromatic heterocycles. The number of hydrogen-bond donors (Lipinski definition) is 3. The number of sulfonamides is 1. The van der Waals surface area contributed by atoms with Crippen LogP contribution in [-0.2, 0) is 10.0 Å². The van der Waals surface area contributed by atoms with E-state index in [2.05, 4.69) is 27.2 Å². The molecule has 3 N–H and O–H groups in total. The molecule has 0 fully saturated rings. The standard InChI is InChI=1S/C22H29N3O4S/c26-19(17-29-20-10-6-3-7-11-20)15-23-22-13-12-21(16-24-22)30(27,28)25-14-18-8-4-1-2-5-9-18/h1-3,6-7,10-13,16,18-19,25-26H,4-5,8-9,14-15,17H2,(H,23,24). The lowest BCUT2D eigenvalue weighted by molar-refractivity contribution is 0.117. The average Bonchev–Trinajstić information content (AvgIpc) is 3.05. The fourth-order valence-corrected chi connectivity index (χ4v) is 4.25. The van der Waals surface area contributed by atoms with Gasteiger partial charge in [-0.25, -0.2) is 18.1 Å². The van der Waals surface area contributed by atoms with E-state index in [1.807, 2.05) is 30.3 Å². The molecule has 0 spiro atoms. The first-order valence-electron chi connectivity index (χ1n) is 10.2. The normalized spacial score (nSPS) is 16.0. The van der Waals surface area contributed by atoms with Crippen molar-refractivity contribution in [2.24, 2.45) is 5.92 Å². The Labute approximate surface area is 178 Å². The largest absolute Gasteiger partial charge is 0.491 e. The first-order chi connectivity index (χ1) is 14.5. The number of aliphatic hydroxyl groups is 1. The molecule has 0 aliphatic heterocycles. The number of benzene rings is 1. The van der Waals surface area contributed by atoms with Crippen molar-refractivity contribution in [2.75, 3.05) is 25.0 Å². The van der Waals surface area contributed by atoms with Crippen LogP contribution < -0.4 is 14.8 Å². The molecule has 0 bridgehead atoms. The molecule has 1 atom stereocenters. The second-order valence-electron chi connectivity index (χ2n) is 7.38.